The van der Waals surface area contributed by atoms with Crippen LogP contribution in [-0.4, -0.2) is 22.5 Å². The smallest absolute Gasteiger partial charge is 0.242 e. The van der Waals surface area contributed by atoms with Gasteiger partial charge in [-0.1, -0.05) is 35.3 Å². The van der Waals surface area contributed by atoms with Crippen LogP contribution in [0.25, 0.3) is 0 Å². The van der Waals surface area contributed by atoms with Crippen LogP contribution >= 0.6 is 23.2 Å². The molecule has 0 radical (unpaired) electrons. The predicted octanol–water partition coefficient (Wildman–Crippen LogP) is 3.54. The molecule has 0 fully saturated rings. The van der Waals surface area contributed by atoms with Crippen LogP contribution in [0.2, 0.25) is 10.0 Å². The van der Waals surface area contributed by atoms with Gasteiger partial charge in [-0.2, -0.15) is 0 Å². The van der Waals surface area contributed by atoms with Crippen LogP contribution in [0, 0.1) is 0 Å². The molecule has 0 aliphatic heterocycles. The summed E-state index contributed by atoms with van der Waals surface area (Å²) in [5.41, 5.74) is 1.91. The summed E-state index contributed by atoms with van der Waals surface area (Å²) in [5.74, 6) is 0. The lowest BCUT2D eigenvalue weighted by Crippen LogP contribution is -2.23. The van der Waals surface area contributed by atoms with Crippen molar-refractivity contribution in [3.63, 3.8) is 0 Å². The second-order valence-corrected chi connectivity index (χ2v) is 7.54. The van der Waals surface area contributed by atoms with Gasteiger partial charge in [0.25, 0.3) is 0 Å². The fourth-order valence-electron chi connectivity index (χ4n) is 1.86. The summed E-state index contributed by atoms with van der Waals surface area (Å²) in [6, 6.07) is 11.9. The first-order chi connectivity index (χ1) is 10.3. The van der Waals surface area contributed by atoms with Crippen LogP contribution in [0.3, 0.4) is 0 Å². The zero-order valence-electron chi connectivity index (χ0n) is 12.2. The molecule has 0 saturated carbocycles. The Morgan fingerprint density at radius 1 is 1.05 bits per heavy atom. The number of halogens is 2. The zero-order valence-corrected chi connectivity index (χ0v) is 14.5. The number of hydrogen-bond acceptors (Lipinski definition) is 3. The third-order valence-electron chi connectivity index (χ3n) is 3.10. The number of nitrogens with one attached hydrogen (secondary N) is 1. The minimum absolute atomic E-state index is 0.0171. The van der Waals surface area contributed by atoms with Crippen molar-refractivity contribution in [1.29, 1.82) is 0 Å². The van der Waals surface area contributed by atoms with E-state index in [9.17, 15) is 8.42 Å². The predicted molar refractivity (Wildman–Crippen MR) is 91.3 cm³/mol. The Labute approximate surface area is 140 Å². The molecule has 0 atom stereocenters. The maximum absolute atomic E-state index is 12.3. The summed E-state index contributed by atoms with van der Waals surface area (Å²) >= 11 is 11.7. The fourth-order valence-corrected chi connectivity index (χ4v) is 3.65. The van der Waals surface area contributed by atoms with Crippen molar-refractivity contribution in [2.24, 2.45) is 0 Å². The highest BCUT2D eigenvalue weighted by Gasteiger charge is 2.17. The van der Waals surface area contributed by atoms with Gasteiger partial charge in [0.15, 0.2) is 0 Å². The van der Waals surface area contributed by atoms with Gasteiger partial charge in [-0.15, -0.1) is 0 Å². The standard InChI is InChI=1S/C15H16Cl2N2O2S/c1-19(2)13-6-3-11(4-7-13)10-18-22(20,21)15-8-5-12(16)9-14(15)17/h3-9,18H,10H2,1-2H3. The van der Waals surface area contributed by atoms with Crippen molar-refractivity contribution in [2.45, 2.75) is 11.4 Å². The second kappa shape index (κ2) is 6.87. The van der Waals surface area contributed by atoms with Crippen LogP contribution in [0.15, 0.2) is 47.4 Å². The molecule has 0 amide bonds. The van der Waals surface area contributed by atoms with E-state index < -0.39 is 10.0 Å². The van der Waals surface area contributed by atoms with E-state index in [0.29, 0.717) is 5.02 Å². The van der Waals surface area contributed by atoms with Gasteiger partial charge in [-0.05, 0) is 35.9 Å². The van der Waals surface area contributed by atoms with Crippen molar-refractivity contribution in [2.75, 3.05) is 19.0 Å². The van der Waals surface area contributed by atoms with Gasteiger partial charge < -0.3 is 4.90 Å². The summed E-state index contributed by atoms with van der Waals surface area (Å²) in [6.07, 6.45) is 0. The molecule has 22 heavy (non-hydrogen) atoms. The number of nitrogens with zero attached hydrogens (tertiary/aromatic N) is 1. The molecule has 4 nitrogen and oxygen atoms in total. The van der Waals surface area contributed by atoms with Crippen LogP contribution in [0.4, 0.5) is 5.69 Å². The summed E-state index contributed by atoms with van der Waals surface area (Å²) in [4.78, 5) is 1.99. The average Bonchev–Trinajstić information content (AvgIpc) is 2.45. The second-order valence-electron chi connectivity index (χ2n) is 4.96. The maximum Gasteiger partial charge on any atom is 0.242 e. The highest BCUT2D eigenvalue weighted by atomic mass is 35.5. The summed E-state index contributed by atoms with van der Waals surface area (Å²) in [6.45, 7) is 0.189. The first kappa shape index (κ1) is 17.1. The van der Waals surface area contributed by atoms with Crippen LogP contribution in [0.5, 0.6) is 0 Å². The third kappa shape index (κ3) is 4.14. The molecular weight excluding hydrogens is 343 g/mol. The normalized spacial score (nSPS) is 11.5. The van der Waals surface area contributed by atoms with Gasteiger partial charge in [-0.25, -0.2) is 13.1 Å². The molecule has 0 bridgehead atoms. The van der Waals surface area contributed by atoms with Crippen molar-refractivity contribution < 1.29 is 8.42 Å². The lowest BCUT2D eigenvalue weighted by atomic mass is 10.2. The third-order valence-corrected chi connectivity index (χ3v) is 5.22. The Kier molecular flexibility index (Phi) is 5.34. The van der Waals surface area contributed by atoms with Crippen LogP contribution in [-0.2, 0) is 16.6 Å². The van der Waals surface area contributed by atoms with Gasteiger partial charge in [-0.3, -0.25) is 0 Å². The van der Waals surface area contributed by atoms with Gasteiger partial charge in [0, 0.05) is 31.4 Å². The number of sulfonamides is 1. The van der Waals surface area contributed by atoms with Crippen molar-refractivity contribution in [3.05, 3.63) is 58.1 Å². The molecule has 2 aromatic carbocycles. The first-order valence-electron chi connectivity index (χ1n) is 6.50. The van der Waals surface area contributed by atoms with Crippen molar-refractivity contribution >= 4 is 38.9 Å². The SMILES string of the molecule is CN(C)c1ccc(CNS(=O)(=O)c2ccc(Cl)cc2Cl)cc1. The molecule has 2 aromatic rings. The Morgan fingerprint density at radius 2 is 1.68 bits per heavy atom. The molecule has 0 unspecified atom stereocenters. The van der Waals surface area contributed by atoms with E-state index in [2.05, 4.69) is 4.72 Å². The molecule has 0 aliphatic rings. The molecule has 0 spiro atoms. The van der Waals surface area contributed by atoms with E-state index in [1.54, 1.807) is 0 Å². The largest absolute Gasteiger partial charge is 0.378 e. The molecule has 2 rings (SSSR count). The highest BCUT2D eigenvalue weighted by molar-refractivity contribution is 7.89. The first-order valence-corrected chi connectivity index (χ1v) is 8.74. The van der Waals surface area contributed by atoms with Gasteiger partial charge in [0.05, 0.1) is 5.02 Å². The van der Waals surface area contributed by atoms with E-state index in [1.807, 2.05) is 43.3 Å². The molecule has 0 aromatic heterocycles. The molecule has 0 aliphatic carbocycles. The Morgan fingerprint density at radius 3 is 2.23 bits per heavy atom. The van der Waals surface area contributed by atoms with E-state index in [1.165, 1.54) is 18.2 Å². The number of benzene rings is 2. The summed E-state index contributed by atoms with van der Waals surface area (Å²) < 4.78 is 27.1. The van der Waals surface area contributed by atoms with Crippen LogP contribution in [0.1, 0.15) is 5.56 Å². The van der Waals surface area contributed by atoms with Crippen molar-refractivity contribution in [1.82, 2.24) is 4.72 Å². The van der Waals surface area contributed by atoms with Crippen LogP contribution < -0.4 is 9.62 Å². The molecular formula is C15H16Cl2N2O2S. The topological polar surface area (TPSA) is 49.4 Å². The van der Waals surface area contributed by atoms with Gasteiger partial charge in [0.1, 0.15) is 4.90 Å². The Balaban J connectivity index is 2.12. The minimum atomic E-state index is -3.68. The Hall–Kier alpha value is -1.27. The minimum Gasteiger partial charge on any atom is -0.378 e. The number of rotatable bonds is 5. The average molecular weight is 359 g/mol. The lowest BCUT2D eigenvalue weighted by Gasteiger charge is -2.13. The van der Waals surface area contributed by atoms with E-state index >= 15 is 0 Å². The maximum atomic E-state index is 12.3. The molecule has 1 N–H and O–H groups in total. The molecule has 118 valence electrons. The quantitative estimate of drug-likeness (QED) is 0.889. The van der Waals surface area contributed by atoms with E-state index in [0.717, 1.165) is 11.3 Å². The van der Waals surface area contributed by atoms with E-state index in [-0.39, 0.29) is 16.5 Å². The zero-order chi connectivity index (χ0) is 16.3. The fraction of sp³-hybridized carbons (Fsp3) is 0.200. The Bertz CT molecular complexity index is 760. The molecule has 0 heterocycles. The summed E-state index contributed by atoms with van der Waals surface area (Å²) in [7, 11) is 0.206. The van der Waals surface area contributed by atoms with Gasteiger partial charge >= 0.3 is 0 Å². The number of anilines is 1. The molecule has 0 saturated heterocycles. The monoisotopic (exact) mass is 358 g/mol. The van der Waals surface area contributed by atoms with Crippen molar-refractivity contribution in [3.8, 4) is 0 Å². The highest BCUT2D eigenvalue weighted by Crippen LogP contribution is 2.25. The molecule has 7 heteroatoms. The number of hydrogen-bond donors (Lipinski definition) is 1. The van der Waals surface area contributed by atoms with E-state index in [4.69, 9.17) is 23.2 Å². The van der Waals surface area contributed by atoms with Gasteiger partial charge in [0.2, 0.25) is 10.0 Å². The summed E-state index contributed by atoms with van der Waals surface area (Å²) in [5, 5.41) is 0.492. The lowest BCUT2D eigenvalue weighted by molar-refractivity contribution is 0.581.